The van der Waals surface area contributed by atoms with Crippen LogP contribution in [0.15, 0.2) is 18.2 Å². The van der Waals surface area contributed by atoms with E-state index in [1.807, 2.05) is 18.2 Å². The molecule has 3 atom stereocenters. The summed E-state index contributed by atoms with van der Waals surface area (Å²) in [5.74, 6) is 1.51. The van der Waals surface area contributed by atoms with Gasteiger partial charge in [-0.25, -0.2) is 0 Å². The van der Waals surface area contributed by atoms with Crippen LogP contribution in [0.1, 0.15) is 57.6 Å². The Morgan fingerprint density at radius 1 is 1.21 bits per heavy atom. The number of aliphatic hydroxyl groups excluding tert-OH is 1. The third-order valence-corrected chi connectivity index (χ3v) is 5.33. The second-order valence-electron chi connectivity index (χ2n) is 7.69. The minimum absolute atomic E-state index is 0.0171. The van der Waals surface area contributed by atoms with Crippen LogP contribution in [-0.4, -0.2) is 44.6 Å². The minimum atomic E-state index is -0.621. The molecule has 158 valence electrons. The molecule has 28 heavy (non-hydrogen) atoms. The Balaban J connectivity index is 2.05. The molecule has 0 aromatic heterocycles. The summed E-state index contributed by atoms with van der Waals surface area (Å²) in [5, 5.41) is 11.1. The van der Waals surface area contributed by atoms with Gasteiger partial charge in [-0.2, -0.15) is 0 Å². The lowest BCUT2D eigenvalue weighted by Crippen LogP contribution is -2.21. The van der Waals surface area contributed by atoms with Gasteiger partial charge in [0, 0.05) is 26.6 Å². The standard InChI is InChI=1S/C22H34O6/c1-15(2)18(9-7-17-8-11-21(23)28-17)22(24)16-6-10-19(26-4)20(14-16)27-13-5-12-25-3/h6,10,14-15,17-18,22,24H,5,7-9,11-13H2,1-4H3. The maximum absolute atomic E-state index is 11.3. The monoisotopic (exact) mass is 394 g/mol. The van der Waals surface area contributed by atoms with Gasteiger partial charge >= 0.3 is 5.97 Å². The lowest BCUT2D eigenvalue weighted by atomic mass is 9.82. The summed E-state index contributed by atoms with van der Waals surface area (Å²) in [6, 6.07) is 5.58. The number of rotatable bonds is 12. The summed E-state index contributed by atoms with van der Waals surface area (Å²) in [5.41, 5.74) is 0.810. The molecule has 1 N–H and O–H groups in total. The molecule has 0 amide bonds. The molecule has 1 aromatic carbocycles. The van der Waals surface area contributed by atoms with Crippen molar-refractivity contribution >= 4 is 5.97 Å². The van der Waals surface area contributed by atoms with E-state index >= 15 is 0 Å². The summed E-state index contributed by atoms with van der Waals surface area (Å²) in [7, 11) is 3.27. The van der Waals surface area contributed by atoms with Crippen LogP contribution in [0.5, 0.6) is 11.5 Å². The second kappa shape index (κ2) is 11.3. The topological polar surface area (TPSA) is 74.2 Å². The molecule has 1 saturated heterocycles. The number of hydrogen-bond acceptors (Lipinski definition) is 6. The summed E-state index contributed by atoms with van der Waals surface area (Å²) >= 11 is 0. The zero-order valence-electron chi connectivity index (χ0n) is 17.5. The van der Waals surface area contributed by atoms with Gasteiger partial charge in [-0.15, -0.1) is 0 Å². The Morgan fingerprint density at radius 3 is 2.61 bits per heavy atom. The highest BCUT2D eigenvalue weighted by Crippen LogP contribution is 2.37. The zero-order valence-corrected chi connectivity index (χ0v) is 17.5. The van der Waals surface area contributed by atoms with E-state index in [-0.39, 0.29) is 18.0 Å². The van der Waals surface area contributed by atoms with Crippen molar-refractivity contribution in [3.63, 3.8) is 0 Å². The lowest BCUT2D eigenvalue weighted by Gasteiger charge is -2.28. The molecule has 0 saturated carbocycles. The summed E-state index contributed by atoms with van der Waals surface area (Å²) in [4.78, 5) is 11.3. The fourth-order valence-corrected chi connectivity index (χ4v) is 3.64. The largest absolute Gasteiger partial charge is 0.493 e. The maximum atomic E-state index is 11.3. The number of hydrogen-bond donors (Lipinski definition) is 1. The van der Waals surface area contributed by atoms with Crippen molar-refractivity contribution in [3.8, 4) is 11.5 Å². The van der Waals surface area contributed by atoms with E-state index in [0.717, 1.165) is 31.2 Å². The van der Waals surface area contributed by atoms with Crippen molar-refractivity contribution in [3.05, 3.63) is 23.8 Å². The SMILES string of the molecule is COCCCOc1cc(C(O)C(CCC2CCC(=O)O2)C(C)C)ccc1OC. The molecule has 1 heterocycles. The average molecular weight is 395 g/mol. The molecule has 1 fully saturated rings. The van der Waals surface area contributed by atoms with Crippen LogP contribution in [0.4, 0.5) is 0 Å². The Labute approximate surface area is 168 Å². The van der Waals surface area contributed by atoms with Crippen LogP contribution < -0.4 is 9.47 Å². The molecule has 0 aliphatic carbocycles. The third-order valence-electron chi connectivity index (χ3n) is 5.33. The van der Waals surface area contributed by atoms with E-state index in [1.165, 1.54) is 0 Å². The van der Waals surface area contributed by atoms with Crippen molar-refractivity contribution in [2.75, 3.05) is 27.4 Å². The smallest absolute Gasteiger partial charge is 0.306 e. The molecular formula is C22H34O6. The van der Waals surface area contributed by atoms with Gasteiger partial charge in [0.2, 0.25) is 0 Å². The Kier molecular flexibility index (Phi) is 9.06. The fraction of sp³-hybridized carbons (Fsp3) is 0.682. The van der Waals surface area contributed by atoms with Crippen LogP contribution in [0.2, 0.25) is 0 Å². The summed E-state index contributed by atoms with van der Waals surface area (Å²) in [6.07, 6.45) is 3.00. The molecule has 0 radical (unpaired) electrons. The van der Waals surface area contributed by atoms with Gasteiger partial charge in [0.15, 0.2) is 11.5 Å². The zero-order chi connectivity index (χ0) is 20.5. The summed E-state index contributed by atoms with van der Waals surface area (Å²) in [6.45, 7) is 5.37. The Bertz CT molecular complexity index is 615. The second-order valence-corrected chi connectivity index (χ2v) is 7.69. The van der Waals surface area contributed by atoms with E-state index in [0.29, 0.717) is 37.1 Å². The maximum Gasteiger partial charge on any atom is 0.306 e. The minimum Gasteiger partial charge on any atom is -0.493 e. The van der Waals surface area contributed by atoms with Gasteiger partial charge in [0.1, 0.15) is 6.10 Å². The van der Waals surface area contributed by atoms with Gasteiger partial charge < -0.3 is 24.1 Å². The first kappa shape index (κ1) is 22.5. The lowest BCUT2D eigenvalue weighted by molar-refractivity contribution is -0.141. The number of cyclic esters (lactones) is 1. The molecule has 0 spiro atoms. The molecule has 3 unspecified atom stereocenters. The van der Waals surface area contributed by atoms with E-state index in [9.17, 15) is 9.90 Å². The van der Waals surface area contributed by atoms with E-state index in [1.54, 1.807) is 14.2 Å². The van der Waals surface area contributed by atoms with Crippen molar-refractivity contribution in [2.24, 2.45) is 11.8 Å². The number of ether oxygens (including phenoxy) is 4. The van der Waals surface area contributed by atoms with Crippen molar-refractivity contribution in [2.45, 2.75) is 58.2 Å². The average Bonchev–Trinajstić information content (AvgIpc) is 3.10. The van der Waals surface area contributed by atoms with Gasteiger partial charge in [-0.1, -0.05) is 19.9 Å². The Hall–Kier alpha value is -1.79. The highest BCUT2D eigenvalue weighted by atomic mass is 16.5. The molecule has 6 heteroatoms. The van der Waals surface area contributed by atoms with E-state index in [2.05, 4.69) is 13.8 Å². The highest BCUT2D eigenvalue weighted by Gasteiger charge is 2.29. The number of carbonyl (C=O) groups excluding carboxylic acids is 1. The highest BCUT2D eigenvalue weighted by molar-refractivity contribution is 5.71. The first-order valence-electron chi connectivity index (χ1n) is 10.1. The number of methoxy groups -OCH3 is 2. The normalized spacial score (nSPS) is 18.8. The number of benzene rings is 1. The predicted octanol–water partition coefficient (Wildman–Crippen LogP) is 3.90. The van der Waals surface area contributed by atoms with E-state index < -0.39 is 6.10 Å². The van der Waals surface area contributed by atoms with Crippen LogP contribution >= 0.6 is 0 Å². The molecule has 0 bridgehead atoms. The molecule has 2 rings (SSSR count). The van der Waals surface area contributed by atoms with Crippen LogP contribution in [0, 0.1) is 11.8 Å². The number of esters is 1. The van der Waals surface area contributed by atoms with Crippen molar-refractivity contribution in [1.29, 1.82) is 0 Å². The predicted molar refractivity (Wildman–Crippen MR) is 107 cm³/mol. The van der Waals surface area contributed by atoms with Crippen molar-refractivity contribution < 1.29 is 28.8 Å². The van der Waals surface area contributed by atoms with Gasteiger partial charge in [0.25, 0.3) is 0 Å². The molecule has 6 nitrogen and oxygen atoms in total. The van der Waals surface area contributed by atoms with Gasteiger partial charge in [-0.3, -0.25) is 4.79 Å². The molecular weight excluding hydrogens is 360 g/mol. The van der Waals surface area contributed by atoms with Gasteiger partial charge in [-0.05, 0) is 48.8 Å². The molecule has 1 aromatic rings. The molecule has 1 aliphatic heterocycles. The fourth-order valence-electron chi connectivity index (χ4n) is 3.64. The first-order chi connectivity index (χ1) is 13.5. The van der Waals surface area contributed by atoms with Crippen LogP contribution in [-0.2, 0) is 14.3 Å². The summed E-state index contributed by atoms with van der Waals surface area (Å²) < 4.78 is 21.6. The van der Waals surface area contributed by atoms with Crippen LogP contribution in [0.25, 0.3) is 0 Å². The van der Waals surface area contributed by atoms with E-state index in [4.69, 9.17) is 18.9 Å². The number of carbonyl (C=O) groups is 1. The quantitative estimate of drug-likeness (QED) is 0.428. The Morgan fingerprint density at radius 2 is 2.00 bits per heavy atom. The number of aliphatic hydroxyl groups is 1. The van der Waals surface area contributed by atoms with Crippen molar-refractivity contribution in [1.82, 2.24) is 0 Å². The molecule has 1 aliphatic rings. The third kappa shape index (κ3) is 6.38. The van der Waals surface area contributed by atoms with Gasteiger partial charge in [0.05, 0.1) is 19.8 Å². The van der Waals surface area contributed by atoms with Crippen LogP contribution in [0.3, 0.4) is 0 Å². The first-order valence-corrected chi connectivity index (χ1v) is 10.1.